The van der Waals surface area contributed by atoms with Crippen LogP contribution in [0.1, 0.15) is 29.5 Å². The van der Waals surface area contributed by atoms with E-state index in [4.69, 9.17) is 23.2 Å². The van der Waals surface area contributed by atoms with E-state index in [9.17, 15) is 14.7 Å². The molecule has 2 aliphatic heterocycles. The number of hydrogen-bond acceptors (Lipinski definition) is 4. The first kappa shape index (κ1) is 21.9. The molecule has 0 aromatic heterocycles. The minimum absolute atomic E-state index is 0.0541. The van der Waals surface area contributed by atoms with Crippen molar-refractivity contribution in [3.63, 3.8) is 0 Å². The number of likely N-dealkylation sites (tertiary alicyclic amines) is 1. The van der Waals surface area contributed by atoms with Crippen LogP contribution in [0, 0.1) is 19.8 Å². The van der Waals surface area contributed by atoms with Gasteiger partial charge in [0.1, 0.15) is 5.70 Å². The molecule has 1 unspecified atom stereocenters. The van der Waals surface area contributed by atoms with Gasteiger partial charge in [-0.05, 0) is 67.5 Å². The summed E-state index contributed by atoms with van der Waals surface area (Å²) < 4.78 is 0. The van der Waals surface area contributed by atoms with E-state index in [1.54, 1.807) is 18.2 Å². The number of rotatable bonds is 4. The Balaban J connectivity index is 1.85. The van der Waals surface area contributed by atoms with Gasteiger partial charge in [0.25, 0.3) is 11.8 Å². The Hall–Kier alpha value is -2.34. The van der Waals surface area contributed by atoms with Crippen molar-refractivity contribution in [2.75, 3.05) is 24.6 Å². The third-order valence-corrected chi connectivity index (χ3v) is 6.49. The van der Waals surface area contributed by atoms with Gasteiger partial charge in [-0.1, -0.05) is 41.4 Å². The molecule has 0 bridgehead atoms. The van der Waals surface area contributed by atoms with Gasteiger partial charge in [-0.25, -0.2) is 4.90 Å². The van der Waals surface area contributed by atoms with Gasteiger partial charge in [-0.3, -0.25) is 9.59 Å². The Labute approximate surface area is 191 Å². The molecule has 0 radical (unpaired) electrons. The van der Waals surface area contributed by atoms with Crippen molar-refractivity contribution in [3.05, 3.63) is 68.8 Å². The first-order valence-electron chi connectivity index (χ1n) is 10.3. The molecule has 162 valence electrons. The van der Waals surface area contributed by atoms with Crippen molar-refractivity contribution >= 4 is 46.3 Å². The van der Waals surface area contributed by atoms with Crippen molar-refractivity contribution in [2.24, 2.45) is 5.92 Å². The molecule has 1 fully saturated rings. The molecule has 4 rings (SSSR count). The van der Waals surface area contributed by atoms with Crippen molar-refractivity contribution in [1.82, 2.24) is 4.90 Å². The zero-order chi connectivity index (χ0) is 22.3. The van der Waals surface area contributed by atoms with Crippen molar-refractivity contribution in [1.29, 1.82) is 0 Å². The number of halogens is 2. The second-order valence-electron chi connectivity index (χ2n) is 8.23. The fraction of sp³-hybridized carbons (Fsp3) is 0.333. The molecule has 7 heteroatoms. The molecule has 2 aromatic carbocycles. The smallest absolute Gasteiger partial charge is 0.282 e. The maximum atomic E-state index is 13.6. The monoisotopic (exact) mass is 458 g/mol. The zero-order valence-electron chi connectivity index (χ0n) is 17.5. The average Bonchev–Trinajstić information content (AvgIpc) is 2.99. The summed E-state index contributed by atoms with van der Waals surface area (Å²) in [6, 6.07) is 10.5. The van der Waals surface area contributed by atoms with E-state index in [0.29, 0.717) is 45.7 Å². The Bertz CT molecular complexity index is 1080. The van der Waals surface area contributed by atoms with Crippen molar-refractivity contribution < 1.29 is 14.7 Å². The number of aliphatic hydroxyl groups excluding tert-OH is 1. The van der Waals surface area contributed by atoms with Gasteiger partial charge in [-0.15, -0.1) is 0 Å². The van der Waals surface area contributed by atoms with Gasteiger partial charge in [0, 0.05) is 29.7 Å². The SMILES string of the molecule is Cc1ccc(C2=C(N3CCCC(CO)C3)C(=O)N(c3cc(Cl)cc(Cl)c3)C2=O)cc1C. The molecule has 0 aliphatic carbocycles. The van der Waals surface area contributed by atoms with Gasteiger partial charge in [0.2, 0.25) is 0 Å². The number of hydrogen-bond donors (Lipinski definition) is 1. The second kappa shape index (κ2) is 8.65. The minimum atomic E-state index is -0.396. The molecule has 2 aliphatic rings. The van der Waals surface area contributed by atoms with Crippen LogP contribution in [0.3, 0.4) is 0 Å². The topological polar surface area (TPSA) is 60.9 Å². The number of aliphatic hydroxyl groups is 1. The normalized spacial score (nSPS) is 19.6. The van der Waals surface area contributed by atoms with E-state index in [2.05, 4.69) is 0 Å². The molecule has 1 atom stereocenters. The summed E-state index contributed by atoms with van der Waals surface area (Å²) in [4.78, 5) is 30.3. The number of imide groups is 1. The zero-order valence-corrected chi connectivity index (χ0v) is 19.0. The van der Waals surface area contributed by atoms with Crippen LogP contribution in [-0.2, 0) is 9.59 Å². The van der Waals surface area contributed by atoms with Gasteiger partial charge in [-0.2, -0.15) is 0 Å². The van der Waals surface area contributed by atoms with Crippen LogP contribution in [0.2, 0.25) is 10.0 Å². The van der Waals surface area contributed by atoms with E-state index < -0.39 is 11.8 Å². The quantitative estimate of drug-likeness (QED) is 0.680. The van der Waals surface area contributed by atoms with Crippen LogP contribution in [-0.4, -0.2) is 41.5 Å². The first-order valence-corrected chi connectivity index (χ1v) is 11.1. The third-order valence-electron chi connectivity index (χ3n) is 6.05. The fourth-order valence-electron chi connectivity index (χ4n) is 4.29. The molecule has 0 spiro atoms. The van der Waals surface area contributed by atoms with E-state index in [1.807, 2.05) is 36.9 Å². The van der Waals surface area contributed by atoms with Crippen LogP contribution in [0.4, 0.5) is 5.69 Å². The summed E-state index contributed by atoms with van der Waals surface area (Å²) in [6.45, 7) is 5.23. The molecule has 5 nitrogen and oxygen atoms in total. The number of carbonyl (C=O) groups is 2. The van der Waals surface area contributed by atoms with Crippen molar-refractivity contribution in [2.45, 2.75) is 26.7 Å². The van der Waals surface area contributed by atoms with Gasteiger partial charge in [0.05, 0.1) is 11.3 Å². The summed E-state index contributed by atoms with van der Waals surface area (Å²) in [5, 5.41) is 10.4. The van der Waals surface area contributed by atoms with Crippen LogP contribution in [0.25, 0.3) is 5.57 Å². The van der Waals surface area contributed by atoms with Gasteiger partial charge < -0.3 is 10.0 Å². The highest BCUT2D eigenvalue weighted by Gasteiger charge is 2.43. The predicted octanol–water partition coefficient (Wildman–Crippen LogP) is 4.60. The Morgan fingerprint density at radius 1 is 1.00 bits per heavy atom. The second-order valence-corrected chi connectivity index (χ2v) is 9.11. The number of piperidine rings is 1. The third kappa shape index (κ3) is 4.10. The fourth-order valence-corrected chi connectivity index (χ4v) is 4.80. The van der Waals surface area contributed by atoms with Crippen LogP contribution < -0.4 is 4.90 Å². The Morgan fingerprint density at radius 3 is 2.35 bits per heavy atom. The lowest BCUT2D eigenvalue weighted by Gasteiger charge is -2.34. The molecule has 2 aromatic rings. The van der Waals surface area contributed by atoms with Crippen LogP contribution in [0.15, 0.2) is 42.1 Å². The molecule has 1 saturated heterocycles. The maximum Gasteiger partial charge on any atom is 0.282 e. The van der Waals surface area contributed by atoms with Crippen LogP contribution >= 0.6 is 23.2 Å². The summed E-state index contributed by atoms with van der Waals surface area (Å²) >= 11 is 12.3. The lowest BCUT2D eigenvalue weighted by atomic mass is 9.96. The van der Waals surface area contributed by atoms with E-state index >= 15 is 0 Å². The first-order chi connectivity index (χ1) is 14.8. The highest BCUT2D eigenvalue weighted by Crippen LogP contribution is 2.38. The molecule has 31 heavy (non-hydrogen) atoms. The minimum Gasteiger partial charge on any atom is -0.396 e. The Kier molecular flexibility index (Phi) is 6.11. The van der Waals surface area contributed by atoms with Crippen molar-refractivity contribution in [3.8, 4) is 0 Å². The van der Waals surface area contributed by atoms with Crippen LogP contribution in [0.5, 0.6) is 0 Å². The van der Waals surface area contributed by atoms with Gasteiger partial charge >= 0.3 is 0 Å². The number of amides is 2. The average molecular weight is 459 g/mol. The predicted molar refractivity (Wildman–Crippen MR) is 123 cm³/mol. The summed E-state index contributed by atoms with van der Waals surface area (Å²) in [7, 11) is 0. The highest BCUT2D eigenvalue weighted by atomic mass is 35.5. The van der Waals surface area contributed by atoms with E-state index in [-0.39, 0.29) is 12.5 Å². The number of aryl methyl sites for hydroxylation is 2. The Morgan fingerprint density at radius 2 is 1.71 bits per heavy atom. The molecular weight excluding hydrogens is 435 g/mol. The molecular formula is C24H24Cl2N2O3. The standard InChI is InChI=1S/C24H24Cl2N2O3/c1-14-5-6-17(8-15(14)2)21-22(27-7-3-4-16(12-27)13-29)24(31)28(23(21)30)20-10-18(25)9-19(26)11-20/h5-6,8-11,16,29H,3-4,7,12-13H2,1-2H3. The largest absolute Gasteiger partial charge is 0.396 e. The summed E-state index contributed by atoms with van der Waals surface area (Å²) in [6.07, 6.45) is 1.74. The number of nitrogens with zero attached hydrogens (tertiary/aromatic N) is 2. The molecule has 1 N–H and O–H groups in total. The molecule has 2 heterocycles. The van der Waals surface area contributed by atoms with E-state index in [1.165, 1.54) is 0 Å². The number of anilines is 1. The number of benzene rings is 2. The maximum absolute atomic E-state index is 13.6. The van der Waals surface area contributed by atoms with Gasteiger partial charge in [0.15, 0.2) is 0 Å². The van der Waals surface area contributed by atoms with E-state index in [0.717, 1.165) is 28.9 Å². The molecule has 2 amide bonds. The number of carbonyl (C=O) groups excluding carboxylic acids is 2. The lowest BCUT2D eigenvalue weighted by Crippen LogP contribution is -2.40. The summed E-state index contributed by atoms with van der Waals surface area (Å²) in [5.74, 6) is -0.720. The summed E-state index contributed by atoms with van der Waals surface area (Å²) in [5.41, 5.74) is 3.96. The lowest BCUT2D eigenvalue weighted by molar-refractivity contribution is -0.120. The molecule has 0 saturated carbocycles. The highest BCUT2D eigenvalue weighted by molar-refractivity contribution is 6.46.